The van der Waals surface area contributed by atoms with Crippen molar-refractivity contribution in [1.29, 1.82) is 0 Å². The summed E-state index contributed by atoms with van der Waals surface area (Å²) in [4.78, 5) is 45.6. The highest BCUT2D eigenvalue weighted by atomic mass is 31.3. The molecule has 0 saturated carbocycles. The Hall–Kier alpha value is -2.32. The summed E-state index contributed by atoms with van der Waals surface area (Å²) in [5.74, 6) is -6.31. The van der Waals surface area contributed by atoms with Crippen molar-refractivity contribution in [3.05, 3.63) is 0 Å². The molecule has 10 rings (SSSR count). The molecule has 10 fully saturated rings. The van der Waals surface area contributed by atoms with Gasteiger partial charge >= 0.3 is 29.4 Å². The number of hydrogen-bond donors (Lipinski definition) is 39. The number of carbonyl (C=O) groups is 1. The van der Waals surface area contributed by atoms with Crippen LogP contribution >= 0.6 is 23.5 Å². The van der Waals surface area contributed by atoms with Crippen LogP contribution in [0.25, 0.3) is 0 Å². The van der Waals surface area contributed by atoms with E-state index in [4.69, 9.17) is 115 Å². The molecular formula is C69H123N2O65P3. The lowest BCUT2D eigenvalue weighted by atomic mass is 9.91. The zero-order chi connectivity index (χ0) is 103. The summed E-state index contributed by atoms with van der Waals surface area (Å²) in [5, 5.41) is 382. The van der Waals surface area contributed by atoms with Gasteiger partial charge in [0, 0.05) is 19.5 Å². The molecule has 0 aromatic rings. The Morgan fingerprint density at radius 2 is 0.626 bits per heavy atom. The standard InChI is InChI=1S/C69H123N2O65P3/c70-1-3-113-137(107,108)135-26(15-81)52-44(102)54(128-64-43(101)37(95)51(25(14-80)120-64)125-63-42(100)36(94)50(24(13-79)119-63)124-62-41(99)35(93)49(23(12-78)118-62)123-59-38(96)30(88)27(85)20(9-75)115-59)58(132-66-56(34(92)33(91)46(121-66)16(82)6-72)130-60-39(97)31(89)28(86)21(10-76)116-60)67(126-52)129-55-45(103)65(122-47(17(83)7-73)57(55)131-61-40(98)32(90)29(87)22(11-77)117-61)127-53-19(134-139(111,112)136-138(109,110)114-4-2-71)5-69(106,68(104)105)133-48(53)18(84)8-74/h16-67,72-103,106H,1-15,70-71H2,(H,104,105)(H,107,108)(H,109,110)(H,111,112)/t16-,17-,18+,19+,20+,21+,22+,23+,24+,25+,26-,27-,28-,29+,30-,31-,32-,33-,34-,35+,36+,37+,38+,39+,40+,41+,42+,43+,44+,45-,46+,47+,48+,49-,50+,51+,52+,53+,54-,55+,56-,57+,58-,59+,60-,61-,62-,63-,64+,65+,66+,67+,69+/m0/s1. The molecule has 0 radical (unpaired) electrons. The molecule has 56 atom stereocenters. The number of phosphoric ester groups is 3. The highest BCUT2D eigenvalue weighted by molar-refractivity contribution is 7.61. The quantitative estimate of drug-likeness (QED) is 0.0252. The van der Waals surface area contributed by atoms with Gasteiger partial charge in [0.05, 0.1) is 79.3 Å². The molecule has 10 aliphatic rings. The number of aliphatic hydroxyl groups excluding tert-OH is 32. The van der Waals surface area contributed by atoms with Crippen molar-refractivity contribution in [2.24, 2.45) is 11.5 Å². The van der Waals surface area contributed by atoms with Crippen LogP contribution in [-0.2, 0) is 131 Å². The molecule has 0 aromatic carbocycles. The molecular weight excluding hydrogens is 1990 g/mol. The van der Waals surface area contributed by atoms with Gasteiger partial charge in [0.2, 0.25) is 0 Å². The fourth-order valence-electron chi connectivity index (χ4n) is 16.5. The summed E-state index contributed by atoms with van der Waals surface area (Å²) >= 11 is 0. The third kappa shape index (κ3) is 27.0. The van der Waals surface area contributed by atoms with E-state index in [-0.39, 0.29) is 0 Å². The summed E-state index contributed by atoms with van der Waals surface area (Å²) in [6.45, 7) is -17.1. The van der Waals surface area contributed by atoms with Crippen LogP contribution in [0.15, 0.2) is 0 Å². The first kappa shape index (κ1) is 119. The summed E-state index contributed by atoms with van der Waals surface area (Å²) in [5.41, 5.74) is 10.9. The minimum Gasteiger partial charge on any atom is -0.477 e. The van der Waals surface area contributed by atoms with Crippen molar-refractivity contribution in [3.8, 4) is 0 Å². The van der Waals surface area contributed by atoms with Crippen LogP contribution < -0.4 is 11.5 Å². The fourth-order valence-corrected chi connectivity index (χ4v) is 19.7. The Morgan fingerprint density at radius 3 is 1.02 bits per heavy atom. The van der Waals surface area contributed by atoms with E-state index in [0.29, 0.717) is 0 Å². The van der Waals surface area contributed by atoms with E-state index >= 15 is 0 Å². The molecule has 67 nitrogen and oxygen atoms in total. The van der Waals surface area contributed by atoms with Gasteiger partial charge in [0.15, 0.2) is 56.6 Å². The van der Waals surface area contributed by atoms with Gasteiger partial charge in [-0.25, -0.2) is 18.5 Å². The molecule has 0 bridgehead atoms. The zero-order valence-electron chi connectivity index (χ0n) is 72.1. The monoisotopic (exact) mass is 2110 g/mol. The second-order valence-electron chi connectivity index (χ2n) is 33.3. The molecule has 41 N–H and O–H groups in total. The van der Waals surface area contributed by atoms with E-state index in [1.54, 1.807) is 0 Å². The highest BCUT2D eigenvalue weighted by Gasteiger charge is 2.66. The Morgan fingerprint density at radius 1 is 0.317 bits per heavy atom. The van der Waals surface area contributed by atoms with Gasteiger partial charge in [-0.1, -0.05) is 0 Å². The molecule has 814 valence electrons. The van der Waals surface area contributed by atoms with E-state index in [1.807, 2.05) is 0 Å². The number of hydrogen-bond acceptors (Lipinski definition) is 63. The topological polar surface area (TPSA) is 1090 Å². The third-order valence-electron chi connectivity index (χ3n) is 23.9. The molecule has 0 aliphatic carbocycles. The minimum absolute atomic E-state index is 0.589. The fraction of sp³-hybridized carbons (Fsp3) is 0.986. The van der Waals surface area contributed by atoms with Crippen LogP contribution in [0, 0.1) is 0 Å². The Balaban J connectivity index is 1.10. The molecule has 10 heterocycles. The van der Waals surface area contributed by atoms with Gasteiger partial charge in [-0.2, -0.15) is 4.31 Å². The maximum atomic E-state index is 13.9. The number of ether oxygens (including phenoxy) is 19. The number of phosphoric acid groups is 3. The van der Waals surface area contributed by atoms with Crippen molar-refractivity contribution in [1.82, 2.24) is 0 Å². The molecule has 10 aliphatic heterocycles. The minimum atomic E-state index is -6.46. The lowest BCUT2D eigenvalue weighted by Gasteiger charge is -2.53. The first-order chi connectivity index (χ1) is 65.4. The van der Waals surface area contributed by atoms with Crippen molar-refractivity contribution in [2.75, 3.05) is 92.4 Å². The van der Waals surface area contributed by atoms with Crippen LogP contribution in [0.3, 0.4) is 0 Å². The molecule has 139 heavy (non-hydrogen) atoms. The average molecular weight is 2110 g/mol. The molecule has 70 heteroatoms. The number of aliphatic hydroxyl groups is 33. The smallest absolute Gasteiger partial charge is 0.477 e. The Bertz CT molecular complexity index is 3880. The predicted octanol–water partition coefficient (Wildman–Crippen LogP) is -24.6. The normalized spacial score (nSPS) is 47.6. The lowest BCUT2D eigenvalue weighted by molar-refractivity contribution is -0.429. The van der Waals surface area contributed by atoms with E-state index in [1.165, 1.54) is 0 Å². The third-order valence-corrected chi connectivity index (χ3v) is 27.6. The second kappa shape index (κ2) is 51.0. The first-order valence-electron chi connectivity index (χ1n) is 42.6. The summed E-state index contributed by atoms with van der Waals surface area (Å²) in [6.07, 6.45) is -135. The molecule has 0 spiro atoms. The van der Waals surface area contributed by atoms with E-state index in [9.17, 15) is 207 Å². The van der Waals surface area contributed by atoms with Crippen LogP contribution in [0.2, 0.25) is 0 Å². The van der Waals surface area contributed by atoms with Crippen LogP contribution in [-0.4, -0.2) is 612 Å². The van der Waals surface area contributed by atoms with E-state index < -0.39 is 453 Å². The van der Waals surface area contributed by atoms with Gasteiger partial charge in [-0.05, 0) is 0 Å². The Labute approximate surface area is 781 Å². The van der Waals surface area contributed by atoms with Gasteiger partial charge in [0.25, 0.3) is 5.79 Å². The summed E-state index contributed by atoms with van der Waals surface area (Å²) in [7, 11) is -18.2. The van der Waals surface area contributed by atoms with Crippen LogP contribution in [0.5, 0.6) is 0 Å². The number of aliphatic carboxylic acids is 1. The molecule has 0 amide bonds. The molecule has 3 unspecified atom stereocenters. The van der Waals surface area contributed by atoms with E-state index in [2.05, 4.69) is 8.83 Å². The molecule has 10 saturated heterocycles. The highest BCUT2D eigenvalue weighted by Crippen LogP contribution is 2.62. The number of carboxylic acids is 1. The number of rotatable bonds is 45. The second-order valence-corrected chi connectivity index (χ2v) is 37.7. The Kier molecular flexibility index (Phi) is 43.5. The number of nitrogens with two attached hydrogens (primary N) is 2. The van der Waals surface area contributed by atoms with Gasteiger partial charge in [-0.15, -0.1) is 0 Å². The lowest BCUT2D eigenvalue weighted by Crippen LogP contribution is -2.72. The van der Waals surface area contributed by atoms with Crippen molar-refractivity contribution >= 4 is 29.4 Å². The van der Waals surface area contributed by atoms with Gasteiger partial charge in [-0.3, -0.25) is 18.1 Å². The average Bonchev–Trinajstić information content (AvgIpc) is 0.748. The molecule has 0 aromatic heterocycles. The zero-order valence-corrected chi connectivity index (χ0v) is 74.8. The SMILES string of the molecule is NCCOP(=O)(O)O[C@@H](CO)[C@H]1O[C@H](O[C@@H]2[C@H](O)[C@@H](O[C@H]3[C@@H]([C@H](O)CO)O[C@@](O)(C(=O)O)C[C@H]3OP(=O)(O)OP(=O)(O)OCCN)O[C@H]([C@@H](O)CO)[C@H]2O[C@@H]2O[C@H](CO)[C@@H](O)[C@H](O)[C@H]2O)[C@@H](O[C@H]2O[C@H]([C@@H](O)CO)[C@@H](O)[C@H](O)[C@@H]2O[C@@H]2O[C@H](CO)[C@H](O)[C@H](O)[C@H]2O)[C@@H](O[C@H]2O[C@H](CO)[C@@H](O[C@@H]3O[C@H](CO)[C@@H](O[C@@H]4O[C@H](CO)[C@H](O[C@H]5O[C@H](CO)[C@H](O)[C@H](O)[C@H]5O)[C@H](O)[C@H]4O)[C@H](O)[C@H]3O)[C@H](O)[C@H]2O)[C@@H]1O. The predicted molar refractivity (Wildman–Crippen MR) is 417 cm³/mol. The summed E-state index contributed by atoms with van der Waals surface area (Å²) in [6, 6.07) is 0. The first-order valence-corrected chi connectivity index (χ1v) is 47.1. The largest absolute Gasteiger partial charge is 0.481 e. The van der Waals surface area contributed by atoms with Crippen molar-refractivity contribution in [3.63, 3.8) is 0 Å². The van der Waals surface area contributed by atoms with Gasteiger partial charge < -0.3 is 290 Å². The maximum absolute atomic E-state index is 13.9. The van der Waals surface area contributed by atoms with Crippen LogP contribution in [0.1, 0.15) is 6.42 Å². The summed E-state index contributed by atoms with van der Waals surface area (Å²) < 4.78 is 177. The maximum Gasteiger partial charge on any atom is 0.481 e. The van der Waals surface area contributed by atoms with Crippen LogP contribution in [0.4, 0.5) is 0 Å². The van der Waals surface area contributed by atoms with Crippen molar-refractivity contribution in [2.45, 2.75) is 331 Å². The van der Waals surface area contributed by atoms with Gasteiger partial charge in [0.1, 0.15) is 262 Å². The van der Waals surface area contributed by atoms with E-state index in [0.717, 1.165) is 0 Å². The number of carboxylic acid groups (broad SMARTS) is 1. The van der Waals surface area contributed by atoms with Crippen molar-refractivity contribution < 1.29 is 319 Å².